The van der Waals surface area contributed by atoms with Gasteiger partial charge in [0, 0.05) is 44.5 Å². The molecule has 2 aliphatic heterocycles. The Morgan fingerprint density at radius 2 is 1.96 bits per heavy atom. The van der Waals surface area contributed by atoms with Gasteiger partial charge in [0.1, 0.15) is 11.4 Å². The van der Waals surface area contributed by atoms with Crippen molar-refractivity contribution in [2.75, 3.05) is 31.1 Å². The Morgan fingerprint density at radius 1 is 1.19 bits per heavy atom. The molecule has 0 amide bonds. The lowest BCUT2D eigenvalue weighted by Gasteiger charge is -2.37. The van der Waals surface area contributed by atoms with Crippen LogP contribution in [-0.2, 0) is 0 Å². The predicted molar refractivity (Wildman–Crippen MR) is 101 cm³/mol. The van der Waals surface area contributed by atoms with Gasteiger partial charge in [-0.15, -0.1) is 0 Å². The fraction of sp³-hybridized carbons (Fsp3) is 0.474. The summed E-state index contributed by atoms with van der Waals surface area (Å²) in [6, 6.07) is 1.49. The summed E-state index contributed by atoms with van der Waals surface area (Å²) in [6.45, 7) is 3.44. The van der Waals surface area contributed by atoms with E-state index in [9.17, 15) is 14.7 Å². The summed E-state index contributed by atoms with van der Waals surface area (Å²) in [5.41, 5.74) is -0.243. The Labute approximate surface area is 159 Å². The quantitative estimate of drug-likeness (QED) is 0.871. The van der Waals surface area contributed by atoms with Crippen LogP contribution in [0.25, 0.3) is 10.9 Å². The number of carboxylic acid groups (broad SMARTS) is 1. The van der Waals surface area contributed by atoms with E-state index >= 15 is 4.39 Å². The summed E-state index contributed by atoms with van der Waals surface area (Å²) in [5.74, 6) is -1.87. The first-order valence-corrected chi connectivity index (χ1v) is 9.62. The molecule has 1 aliphatic carbocycles. The molecule has 0 spiro atoms. The molecule has 2 atom stereocenters. The van der Waals surface area contributed by atoms with Crippen molar-refractivity contribution in [3.8, 4) is 0 Å². The van der Waals surface area contributed by atoms with Crippen LogP contribution in [0.5, 0.6) is 0 Å². The number of rotatable bonds is 3. The van der Waals surface area contributed by atoms with E-state index in [4.69, 9.17) is 11.6 Å². The summed E-state index contributed by atoms with van der Waals surface area (Å²) in [7, 11) is 0. The van der Waals surface area contributed by atoms with Crippen molar-refractivity contribution in [3.63, 3.8) is 0 Å². The molecule has 27 heavy (non-hydrogen) atoms. The van der Waals surface area contributed by atoms with E-state index < -0.39 is 17.2 Å². The Morgan fingerprint density at radius 3 is 2.67 bits per heavy atom. The molecule has 0 radical (unpaired) electrons. The SMILES string of the molecule is O=C(O)c1cn(C2CC2)c2c(Cl)c(N3CCN4CCC3C4)c(F)cc2c1=O. The third-order valence-corrected chi connectivity index (χ3v) is 6.35. The second kappa shape index (κ2) is 5.94. The van der Waals surface area contributed by atoms with Gasteiger partial charge in [-0.05, 0) is 25.3 Å². The lowest BCUT2D eigenvalue weighted by Crippen LogP contribution is -2.47. The van der Waals surface area contributed by atoms with Crippen molar-refractivity contribution < 1.29 is 14.3 Å². The highest BCUT2D eigenvalue weighted by Crippen LogP contribution is 2.43. The third kappa shape index (κ3) is 2.56. The van der Waals surface area contributed by atoms with Gasteiger partial charge in [0.2, 0.25) is 5.43 Å². The van der Waals surface area contributed by atoms with Crippen molar-refractivity contribution >= 4 is 34.2 Å². The van der Waals surface area contributed by atoms with Gasteiger partial charge in [-0.3, -0.25) is 9.69 Å². The van der Waals surface area contributed by atoms with Crippen LogP contribution in [0.1, 0.15) is 35.7 Å². The molecule has 5 rings (SSSR count). The Balaban J connectivity index is 1.77. The highest BCUT2D eigenvalue weighted by atomic mass is 35.5. The van der Waals surface area contributed by atoms with Gasteiger partial charge in [0.25, 0.3) is 0 Å². The topological polar surface area (TPSA) is 65.8 Å². The van der Waals surface area contributed by atoms with Crippen LogP contribution in [0.4, 0.5) is 10.1 Å². The minimum absolute atomic E-state index is 0.0399. The van der Waals surface area contributed by atoms with Crippen molar-refractivity contribution in [1.29, 1.82) is 0 Å². The van der Waals surface area contributed by atoms with Gasteiger partial charge < -0.3 is 14.6 Å². The highest BCUT2D eigenvalue weighted by Gasteiger charge is 2.36. The van der Waals surface area contributed by atoms with E-state index in [0.29, 0.717) is 17.7 Å². The first kappa shape index (κ1) is 17.0. The summed E-state index contributed by atoms with van der Waals surface area (Å²) < 4.78 is 16.9. The van der Waals surface area contributed by atoms with Crippen LogP contribution in [-0.4, -0.2) is 52.8 Å². The number of halogens is 2. The molecule has 2 unspecified atom stereocenters. The number of nitrogens with zero attached hydrogens (tertiary/aromatic N) is 3. The molecule has 1 saturated carbocycles. The summed E-state index contributed by atoms with van der Waals surface area (Å²) >= 11 is 6.69. The summed E-state index contributed by atoms with van der Waals surface area (Å²) in [4.78, 5) is 28.5. The number of hydrogen-bond acceptors (Lipinski definition) is 4. The van der Waals surface area contributed by atoms with E-state index in [1.165, 1.54) is 12.3 Å². The van der Waals surface area contributed by atoms with Crippen molar-refractivity contribution in [3.05, 3.63) is 38.9 Å². The second-order valence-corrected chi connectivity index (χ2v) is 8.05. The minimum Gasteiger partial charge on any atom is -0.477 e. The van der Waals surface area contributed by atoms with Gasteiger partial charge >= 0.3 is 5.97 Å². The van der Waals surface area contributed by atoms with Crippen molar-refractivity contribution in [1.82, 2.24) is 9.47 Å². The standard InChI is InChI=1S/C19H19ClFN3O3/c20-15-16-12(18(25)13(19(26)27)9-24(16)10-1-2-10)7-14(21)17(15)23-6-5-22-4-3-11(23)8-22/h7,9-11H,1-6,8H2,(H,26,27). The van der Waals surface area contributed by atoms with Crippen molar-refractivity contribution in [2.24, 2.45) is 0 Å². The number of carbonyl (C=O) groups is 1. The molecule has 1 aromatic heterocycles. The molecule has 142 valence electrons. The van der Waals surface area contributed by atoms with Crippen LogP contribution in [0.15, 0.2) is 17.1 Å². The number of carboxylic acids is 1. The molecule has 2 bridgehead atoms. The van der Waals surface area contributed by atoms with E-state index in [0.717, 1.165) is 38.9 Å². The lowest BCUT2D eigenvalue weighted by atomic mass is 10.1. The first-order chi connectivity index (χ1) is 13.0. The fourth-order valence-electron chi connectivity index (χ4n) is 4.48. The molecule has 3 fully saturated rings. The monoisotopic (exact) mass is 391 g/mol. The molecule has 3 aliphatic rings. The highest BCUT2D eigenvalue weighted by molar-refractivity contribution is 6.38. The number of hydrogen-bond donors (Lipinski definition) is 1. The normalized spacial score (nSPS) is 24.6. The van der Waals surface area contributed by atoms with E-state index in [2.05, 4.69) is 4.90 Å². The molecule has 3 heterocycles. The van der Waals surface area contributed by atoms with Crippen LogP contribution in [0, 0.1) is 5.82 Å². The third-order valence-electron chi connectivity index (χ3n) is 5.99. The van der Waals surface area contributed by atoms with Gasteiger partial charge in [0.15, 0.2) is 0 Å². The van der Waals surface area contributed by atoms with Gasteiger partial charge in [0.05, 0.1) is 21.6 Å². The van der Waals surface area contributed by atoms with Crippen LogP contribution in [0.2, 0.25) is 5.02 Å². The smallest absolute Gasteiger partial charge is 0.341 e. The average molecular weight is 392 g/mol. The average Bonchev–Trinajstić information content (AvgIpc) is 3.40. The maximum Gasteiger partial charge on any atom is 0.341 e. The van der Waals surface area contributed by atoms with E-state index in [1.54, 1.807) is 4.57 Å². The minimum atomic E-state index is -1.31. The number of anilines is 1. The molecule has 6 nitrogen and oxygen atoms in total. The van der Waals surface area contributed by atoms with Crippen molar-refractivity contribution in [2.45, 2.75) is 31.3 Å². The molecule has 1 aromatic carbocycles. The zero-order chi connectivity index (χ0) is 18.9. The maximum absolute atomic E-state index is 15.1. The molecule has 2 aromatic rings. The molecular formula is C19H19ClFN3O3. The summed E-state index contributed by atoms with van der Waals surface area (Å²) in [5, 5.41) is 9.62. The Kier molecular flexibility index (Phi) is 3.74. The number of piperazine rings is 1. The van der Waals surface area contributed by atoms with Crippen LogP contribution < -0.4 is 10.3 Å². The number of pyridine rings is 1. The zero-order valence-corrected chi connectivity index (χ0v) is 15.4. The predicted octanol–water partition coefficient (Wildman–Crippen LogP) is 2.72. The fourth-order valence-corrected chi connectivity index (χ4v) is 4.88. The molecule has 8 heteroatoms. The van der Waals surface area contributed by atoms with E-state index in [1.807, 2.05) is 4.90 Å². The zero-order valence-electron chi connectivity index (χ0n) is 14.6. The number of fused-ring (bicyclic) bond motifs is 3. The molecule has 1 N–H and O–H groups in total. The number of aromatic carboxylic acids is 1. The first-order valence-electron chi connectivity index (χ1n) is 9.25. The second-order valence-electron chi connectivity index (χ2n) is 7.67. The largest absolute Gasteiger partial charge is 0.477 e. The summed E-state index contributed by atoms with van der Waals surface area (Å²) in [6.07, 6.45) is 4.11. The maximum atomic E-state index is 15.1. The molecule has 2 saturated heterocycles. The number of aromatic nitrogens is 1. The van der Waals surface area contributed by atoms with Gasteiger partial charge in [-0.1, -0.05) is 11.6 Å². The van der Waals surface area contributed by atoms with Gasteiger partial charge in [-0.2, -0.15) is 0 Å². The molecular weight excluding hydrogens is 373 g/mol. The lowest BCUT2D eigenvalue weighted by molar-refractivity contribution is 0.0695. The number of benzene rings is 1. The van der Waals surface area contributed by atoms with Crippen LogP contribution >= 0.6 is 11.6 Å². The van der Waals surface area contributed by atoms with E-state index in [-0.39, 0.29) is 28.1 Å². The van der Waals surface area contributed by atoms with Crippen LogP contribution in [0.3, 0.4) is 0 Å². The Bertz CT molecular complexity index is 1030. The Hall–Kier alpha value is -2.12. The van der Waals surface area contributed by atoms with Gasteiger partial charge in [-0.25, -0.2) is 9.18 Å².